The van der Waals surface area contributed by atoms with Gasteiger partial charge in [-0.3, -0.25) is 4.79 Å². The topological polar surface area (TPSA) is 40.9 Å². The lowest BCUT2D eigenvalue weighted by Gasteiger charge is -2.04. The van der Waals surface area contributed by atoms with Crippen LogP contribution in [0, 0.1) is 17.2 Å². The number of aryl methyl sites for hydroxylation is 1. The van der Waals surface area contributed by atoms with E-state index in [1.807, 2.05) is 25.1 Å². The van der Waals surface area contributed by atoms with Crippen molar-refractivity contribution in [3.63, 3.8) is 0 Å². The summed E-state index contributed by atoms with van der Waals surface area (Å²) in [5.74, 6) is -0.322. The maximum absolute atomic E-state index is 11.6. The number of Topliss-reactive ketones (excluding diaryl/α,β-unsaturated/α-hetero) is 1. The molecule has 0 N–H and O–H groups in total. The SMILES string of the molecule is CCC(C#N)C(=O)CCCc1ccccc1. The lowest BCUT2D eigenvalue weighted by atomic mass is 9.97. The summed E-state index contributed by atoms with van der Waals surface area (Å²) in [5, 5.41) is 8.74. The molecule has 0 amide bonds. The predicted octanol–water partition coefficient (Wildman–Crippen LogP) is 3.13. The molecule has 0 radical (unpaired) electrons. The van der Waals surface area contributed by atoms with E-state index in [1.54, 1.807) is 0 Å². The molecule has 0 aromatic heterocycles. The van der Waals surface area contributed by atoms with Gasteiger partial charge in [0.2, 0.25) is 0 Å². The maximum atomic E-state index is 11.6. The Morgan fingerprint density at radius 2 is 2.06 bits per heavy atom. The van der Waals surface area contributed by atoms with Crippen molar-refractivity contribution in [2.24, 2.45) is 5.92 Å². The zero-order chi connectivity index (χ0) is 11.8. The number of ketones is 1. The van der Waals surface area contributed by atoms with E-state index in [9.17, 15) is 4.79 Å². The van der Waals surface area contributed by atoms with E-state index in [-0.39, 0.29) is 5.78 Å². The molecule has 0 fully saturated rings. The van der Waals surface area contributed by atoms with Crippen molar-refractivity contribution in [2.75, 3.05) is 0 Å². The third-order valence-corrected chi connectivity index (χ3v) is 2.68. The molecule has 0 heterocycles. The molecule has 84 valence electrons. The van der Waals surface area contributed by atoms with Crippen molar-refractivity contribution in [2.45, 2.75) is 32.6 Å². The molecule has 0 aliphatic rings. The molecule has 2 heteroatoms. The Bertz CT molecular complexity index is 364. The van der Waals surface area contributed by atoms with Crippen LogP contribution in [-0.2, 0) is 11.2 Å². The quantitative estimate of drug-likeness (QED) is 0.731. The predicted molar refractivity (Wildman–Crippen MR) is 63.8 cm³/mol. The number of rotatable bonds is 6. The second kappa shape index (κ2) is 6.79. The molecule has 0 bridgehead atoms. The van der Waals surface area contributed by atoms with E-state index < -0.39 is 5.92 Å². The van der Waals surface area contributed by atoms with E-state index in [0.29, 0.717) is 12.8 Å². The molecular weight excluding hydrogens is 198 g/mol. The van der Waals surface area contributed by atoms with Crippen LogP contribution in [-0.4, -0.2) is 5.78 Å². The minimum Gasteiger partial charge on any atom is -0.298 e. The van der Waals surface area contributed by atoms with Crippen LogP contribution in [0.3, 0.4) is 0 Å². The molecule has 1 rings (SSSR count). The molecule has 2 nitrogen and oxygen atoms in total. The molecule has 0 saturated heterocycles. The van der Waals surface area contributed by atoms with E-state index in [0.717, 1.165) is 12.8 Å². The molecule has 0 aliphatic heterocycles. The molecular formula is C14H17NO. The van der Waals surface area contributed by atoms with Crippen LogP contribution in [0.4, 0.5) is 0 Å². The smallest absolute Gasteiger partial charge is 0.149 e. The van der Waals surface area contributed by atoms with Crippen LogP contribution in [0.15, 0.2) is 30.3 Å². The van der Waals surface area contributed by atoms with Crippen LogP contribution >= 0.6 is 0 Å². The van der Waals surface area contributed by atoms with Gasteiger partial charge in [-0.05, 0) is 24.8 Å². The Kier molecular flexibility index (Phi) is 5.28. The van der Waals surface area contributed by atoms with Crippen molar-refractivity contribution in [1.82, 2.24) is 0 Å². The second-order valence-electron chi connectivity index (χ2n) is 3.90. The highest BCUT2D eigenvalue weighted by Gasteiger charge is 2.14. The number of carbonyl (C=O) groups excluding carboxylic acids is 1. The van der Waals surface area contributed by atoms with Gasteiger partial charge >= 0.3 is 0 Å². The Morgan fingerprint density at radius 1 is 1.38 bits per heavy atom. The van der Waals surface area contributed by atoms with Gasteiger partial charge in [-0.1, -0.05) is 37.3 Å². The highest BCUT2D eigenvalue weighted by Crippen LogP contribution is 2.10. The first-order valence-corrected chi connectivity index (χ1v) is 5.74. The largest absolute Gasteiger partial charge is 0.298 e. The standard InChI is InChI=1S/C14H17NO/c1-2-13(11-15)14(16)10-6-9-12-7-4-3-5-8-12/h3-5,7-8,13H,2,6,9-10H2,1H3. The van der Waals surface area contributed by atoms with Crippen LogP contribution in [0.2, 0.25) is 0 Å². The average Bonchev–Trinajstić information content (AvgIpc) is 2.32. The third-order valence-electron chi connectivity index (χ3n) is 2.68. The zero-order valence-corrected chi connectivity index (χ0v) is 9.65. The number of carbonyl (C=O) groups is 1. The fraction of sp³-hybridized carbons (Fsp3) is 0.429. The second-order valence-corrected chi connectivity index (χ2v) is 3.90. The van der Waals surface area contributed by atoms with Gasteiger partial charge < -0.3 is 0 Å². The summed E-state index contributed by atoms with van der Waals surface area (Å²) >= 11 is 0. The summed E-state index contributed by atoms with van der Waals surface area (Å²) in [6.45, 7) is 1.88. The first kappa shape index (κ1) is 12.4. The highest BCUT2D eigenvalue weighted by molar-refractivity contribution is 5.83. The monoisotopic (exact) mass is 215 g/mol. The summed E-state index contributed by atoms with van der Waals surface area (Å²) in [6.07, 6.45) is 2.89. The number of benzene rings is 1. The Hall–Kier alpha value is -1.62. The van der Waals surface area contributed by atoms with Gasteiger partial charge in [0.05, 0.1) is 6.07 Å². The summed E-state index contributed by atoms with van der Waals surface area (Å²) < 4.78 is 0. The zero-order valence-electron chi connectivity index (χ0n) is 9.65. The van der Waals surface area contributed by atoms with Crippen molar-refractivity contribution in [1.29, 1.82) is 5.26 Å². The van der Waals surface area contributed by atoms with Crippen molar-refractivity contribution in [3.8, 4) is 6.07 Å². The van der Waals surface area contributed by atoms with Crippen molar-refractivity contribution in [3.05, 3.63) is 35.9 Å². The molecule has 1 unspecified atom stereocenters. The van der Waals surface area contributed by atoms with E-state index in [2.05, 4.69) is 18.2 Å². The van der Waals surface area contributed by atoms with Crippen LogP contribution in [0.5, 0.6) is 0 Å². The Balaban J connectivity index is 2.31. The lowest BCUT2D eigenvalue weighted by Crippen LogP contribution is -2.11. The first-order valence-electron chi connectivity index (χ1n) is 5.74. The van der Waals surface area contributed by atoms with Crippen LogP contribution in [0.25, 0.3) is 0 Å². The van der Waals surface area contributed by atoms with Gasteiger partial charge in [-0.2, -0.15) is 5.26 Å². The first-order chi connectivity index (χ1) is 7.77. The molecule has 1 aromatic carbocycles. The summed E-state index contributed by atoms with van der Waals surface area (Å²) in [4.78, 5) is 11.6. The molecule has 1 aromatic rings. The molecule has 0 saturated carbocycles. The Labute approximate surface area is 96.9 Å². The summed E-state index contributed by atoms with van der Waals surface area (Å²) in [5.41, 5.74) is 1.25. The maximum Gasteiger partial charge on any atom is 0.149 e. The van der Waals surface area contributed by atoms with Gasteiger partial charge in [0, 0.05) is 6.42 Å². The number of nitrogens with zero attached hydrogens (tertiary/aromatic N) is 1. The average molecular weight is 215 g/mol. The molecule has 0 aliphatic carbocycles. The molecule has 16 heavy (non-hydrogen) atoms. The summed E-state index contributed by atoms with van der Waals surface area (Å²) in [7, 11) is 0. The lowest BCUT2D eigenvalue weighted by molar-refractivity contribution is -0.121. The number of hydrogen-bond donors (Lipinski definition) is 0. The minimum absolute atomic E-state index is 0.0842. The van der Waals surface area contributed by atoms with Gasteiger partial charge in [-0.15, -0.1) is 0 Å². The summed E-state index contributed by atoms with van der Waals surface area (Å²) in [6, 6.07) is 12.2. The van der Waals surface area contributed by atoms with E-state index >= 15 is 0 Å². The van der Waals surface area contributed by atoms with Gasteiger partial charge in [0.1, 0.15) is 11.7 Å². The van der Waals surface area contributed by atoms with Crippen molar-refractivity contribution < 1.29 is 4.79 Å². The van der Waals surface area contributed by atoms with Crippen molar-refractivity contribution >= 4 is 5.78 Å². The number of nitriles is 1. The highest BCUT2D eigenvalue weighted by atomic mass is 16.1. The third kappa shape index (κ3) is 3.86. The Morgan fingerprint density at radius 3 is 2.62 bits per heavy atom. The fourth-order valence-electron chi connectivity index (χ4n) is 1.68. The normalized spacial score (nSPS) is 11.8. The van der Waals surface area contributed by atoms with E-state index in [1.165, 1.54) is 5.56 Å². The molecule has 0 spiro atoms. The van der Waals surface area contributed by atoms with Gasteiger partial charge in [-0.25, -0.2) is 0 Å². The fourth-order valence-corrected chi connectivity index (χ4v) is 1.68. The van der Waals surface area contributed by atoms with Gasteiger partial charge in [0.15, 0.2) is 0 Å². The van der Waals surface area contributed by atoms with Gasteiger partial charge in [0.25, 0.3) is 0 Å². The van der Waals surface area contributed by atoms with E-state index in [4.69, 9.17) is 5.26 Å². The minimum atomic E-state index is -0.407. The number of hydrogen-bond acceptors (Lipinski definition) is 2. The van der Waals surface area contributed by atoms with Crippen LogP contribution < -0.4 is 0 Å². The molecule has 1 atom stereocenters. The van der Waals surface area contributed by atoms with Crippen LogP contribution in [0.1, 0.15) is 31.7 Å².